The maximum absolute atomic E-state index is 6.30. The fourth-order valence-electron chi connectivity index (χ4n) is 4.58. The fraction of sp³-hybridized carbons (Fsp3) is 0.133. The van der Waals surface area contributed by atoms with Gasteiger partial charge >= 0.3 is 0 Å². The summed E-state index contributed by atoms with van der Waals surface area (Å²) in [5.74, 6) is 0.764. The van der Waals surface area contributed by atoms with Crippen LogP contribution in [0.4, 0.5) is 22.7 Å². The van der Waals surface area contributed by atoms with Gasteiger partial charge in [0.05, 0.1) is 40.9 Å². The van der Waals surface area contributed by atoms with Crippen LogP contribution in [-0.2, 0) is 0 Å². The van der Waals surface area contributed by atoms with Crippen LogP contribution in [0.3, 0.4) is 0 Å². The summed E-state index contributed by atoms with van der Waals surface area (Å²) < 4.78 is 5.70. The molecule has 0 radical (unpaired) electrons. The van der Waals surface area contributed by atoms with E-state index in [1.807, 2.05) is 68.4 Å². The average molecular weight is 529 g/mol. The lowest BCUT2D eigenvalue weighted by Gasteiger charge is -2.31. The monoisotopic (exact) mass is 528 g/mol. The number of hydrogen-bond donors (Lipinski definition) is 1. The lowest BCUT2D eigenvalue weighted by Crippen LogP contribution is -2.16. The van der Waals surface area contributed by atoms with Crippen molar-refractivity contribution in [3.05, 3.63) is 94.7 Å². The van der Waals surface area contributed by atoms with Crippen molar-refractivity contribution in [2.45, 2.75) is 13.8 Å². The van der Waals surface area contributed by atoms with E-state index >= 15 is 0 Å². The largest absolute Gasteiger partial charge is 0.497 e. The first-order chi connectivity index (χ1) is 18.1. The molecule has 3 aromatic carbocycles. The maximum Gasteiger partial charge on any atom is 0.121 e. The van der Waals surface area contributed by atoms with Crippen molar-refractivity contribution in [3.8, 4) is 5.75 Å². The minimum Gasteiger partial charge on any atom is -0.497 e. The average Bonchev–Trinajstić information content (AvgIpc) is 2.94. The van der Waals surface area contributed by atoms with Crippen LogP contribution in [0.25, 0.3) is 27.9 Å². The van der Waals surface area contributed by atoms with Gasteiger partial charge in [0.15, 0.2) is 0 Å². The molecule has 0 fully saturated rings. The van der Waals surface area contributed by atoms with E-state index in [0.29, 0.717) is 10.0 Å². The van der Waals surface area contributed by atoms with E-state index < -0.39 is 0 Å². The number of aromatic nitrogens is 2. The number of nitrogens with one attached hydrogen (secondary N) is 1. The molecule has 1 aliphatic heterocycles. The normalized spacial score (nSPS) is 11.9. The number of rotatable bonds is 4. The van der Waals surface area contributed by atoms with Gasteiger partial charge in [-0.3, -0.25) is 9.97 Å². The molecule has 0 spiro atoms. The molecule has 5 nitrogen and oxygen atoms in total. The van der Waals surface area contributed by atoms with Crippen LogP contribution in [-0.4, -0.2) is 23.6 Å². The van der Waals surface area contributed by atoms with E-state index in [0.717, 1.165) is 62.4 Å². The third-order valence-electron chi connectivity index (χ3n) is 6.14. The topological polar surface area (TPSA) is 50.3 Å². The molecule has 0 bridgehead atoms. The van der Waals surface area contributed by atoms with Crippen LogP contribution in [0.15, 0.2) is 79.1 Å². The Labute approximate surface area is 226 Å². The Bertz CT molecular complexity index is 1550. The van der Waals surface area contributed by atoms with Crippen molar-refractivity contribution in [3.63, 3.8) is 0 Å². The first-order valence-corrected chi connectivity index (χ1v) is 12.9. The summed E-state index contributed by atoms with van der Waals surface area (Å²) in [6, 6.07) is 19.7. The number of methoxy groups -OCH3 is 1. The molecule has 6 rings (SSSR count). The number of anilines is 4. The molecule has 1 aliphatic rings. The first kappa shape index (κ1) is 24.9. The molecule has 5 aromatic rings. The Morgan fingerprint density at radius 2 is 1.38 bits per heavy atom. The summed E-state index contributed by atoms with van der Waals surface area (Å²) in [6.45, 7) is 4.74. The van der Waals surface area contributed by atoms with Gasteiger partial charge in [0, 0.05) is 51.4 Å². The minimum absolute atomic E-state index is 0.642. The van der Waals surface area contributed by atoms with E-state index in [2.05, 4.69) is 38.4 Å². The predicted octanol–water partition coefficient (Wildman–Crippen LogP) is 9.03. The second kappa shape index (κ2) is 10.7. The number of hydrogen-bond acceptors (Lipinski definition) is 5. The van der Waals surface area contributed by atoms with Crippen LogP contribution in [0.5, 0.6) is 5.75 Å². The summed E-state index contributed by atoms with van der Waals surface area (Å²) in [7, 11) is 1.68. The van der Waals surface area contributed by atoms with Gasteiger partial charge in [-0.15, -0.1) is 0 Å². The van der Waals surface area contributed by atoms with Gasteiger partial charge in [-0.1, -0.05) is 49.2 Å². The molecule has 37 heavy (non-hydrogen) atoms. The first-order valence-electron chi connectivity index (χ1n) is 12.1. The molecule has 0 unspecified atom stereocenters. The van der Waals surface area contributed by atoms with Crippen LogP contribution < -0.4 is 15.0 Å². The van der Waals surface area contributed by atoms with Crippen molar-refractivity contribution in [1.82, 2.24) is 9.97 Å². The number of ether oxygens (including phenoxy) is 1. The third kappa shape index (κ3) is 4.68. The molecule has 186 valence electrons. The van der Waals surface area contributed by atoms with Crippen molar-refractivity contribution < 1.29 is 4.74 Å². The zero-order valence-corrected chi connectivity index (χ0v) is 22.3. The predicted molar refractivity (Wildman–Crippen MR) is 157 cm³/mol. The Balaban J connectivity index is 0.00000137. The van der Waals surface area contributed by atoms with Gasteiger partial charge in [0.1, 0.15) is 5.75 Å². The van der Waals surface area contributed by atoms with Crippen LogP contribution in [0.1, 0.15) is 19.4 Å². The number of halogens is 2. The molecular weight excluding hydrogens is 503 g/mol. The van der Waals surface area contributed by atoms with Gasteiger partial charge in [-0.25, -0.2) is 0 Å². The molecule has 0 saturated carbocycles. The lowest BCUT2D eigenvalue weighted by atomic mass is 10.0. The molecule has 0 aliphatic carbocycles. The minimum atomic E-state index is 0.642. The smallest absolute Gasteiger partial charge is 0.121 e. The second-order valence-electron chi connectivity index (χ2n) is 8.21. The van der Waals surface area contributed by atoms with Crippen LogP contribution in [0, 0.1) is 0 Å². The standard InChI is InChI=1S/C28H20Cl2N4O.C2H6/c1-35-20-13-17-3-2-10-33-28(17)27(16-20)34(25-8-11-31-23-14-18(29)4-6-21(23)25)26-9-12-32-24-15-19(30)5-7-22(24)26;1-2/h2-9,11-16,33H,10H2,1H3;1-2H3. The van der Waals surface area contributed by atoms with Gasteiger partial charge in [0.25, 0.3) is 0 Å². The second-order valence-corrected chi connectivity index (χ2v) is 9.09. The Hall–Kier alpha value is -3.80. The quantitative estimate of drug-likeness (QED) is 0.252. The maximum atomic E-state index is 6.30. The van der Waals surface area contributed by atoms with E-state index in [1.54, 1.807) is 19.5 Å². The summed E-state index contributed by atoms with van der Waals surface area (Å²) in [4.78, 5) is 11.4. The van der Waals surface area contributed by atoms with Crippen molar-refractivity contribution in [2.24, 2.45) is 0 Å². The molecule has 0 amide bonds. The highest BCUT2D eigenvalue weighted by molar-refractivity contribution is 6.31. The van der Waals surface area contributed by atoms with E-state index in [-0.39, 0.29) is 0 Å². The Kier molecular flexibility index (Phi) is 7.17. The lowest BCUT2D eigenvalue weighted by molar-refractivity contribution is 0.415. The van der Waals surface area contributed by atoms with E-state index in [1.165, 1.54) is 0 Å². The highest BCUT2D eigenvalue weighted by Crippen LogP contribution is 2.47. The summed E-state index contributed by atoms with van der Waals surface area (Å²) in [6.07, 6.45) is 7.83. The van der Waals surface area contributed by atoms with Gasteiger partial charge in [0.2, 0.25) is 0 Å². The van der Waals surface area contributed by atoms with Crippen LogP contribution >= 0.6 is 23.2 Å². The zero-order chi connectivity index (χ0) is 25.9. The summed E-state index contributed by atoms with van der Waals surface area (Å²) >= 11 is 12.6. The SMILES string of the molecule is CC.COc1cc2c(c(N(c3ccnc4cc(Cl)ccc34)c3ccnc4cc(Cl)ccc34)c1)NCC=C2. The molecule has 1 N–H and O–H groups in total. The van der Waals surface area contributed by atoms with Gasteiger partial charge in [-0.2, -0.15) is 0 Å². The third-order valence-corrected chi connectivity index (χ3v) is 6.61. The number of benzene rings is 3. The van der Waals surface area contributed by atoms with Gasteiger partial charge < -0.3 is 15.0 Å². The van der Waals surface area contributed by atoms with E-state index in [9.17, 15) is 0 Å². The van der Waals surface area contributed by atoms with Crippen molar-refractivity contribution >= 4 is 73.8 Å². The number of fused-ring (bicyclic) bond motifs is 3. The Morgan fingerprint density at radius 1 is 0.784 bits per heavy atom. The molecular formula is C30H26Cl2N4O. The molecule has 2 aromatic heterocycles. The molecule has 7 heteroatoms. The summed E-state index contributed by atoms with van der Waals surface area (Å²) in [5, 5.41) is 6.79. The fourth-order valence-corrected chi connectivity index (χ4v) is 4.91. The highest BCUT2D eigenvalue weighted by Gasteiger charge is 2.24. The molecule has 0 atom stereocenters. The molecule has 3 heterocycles. The number of pyridine rings is 2. The van der Waals surface area contributed by atoms with Crippen LogP contribution in [0.2, 0.25) is 10.0 Å². The van der Waals surface area contributed by atoms with Crippen molar-refractivity contribution in [1.29, 1.82) is 0 Å². The highest BCUT2D eigenvalue weighted by atomic mass is 35.5. The van der Waals surface area contributed by atoms with Crippen molar-refractivity contribution in [2.75, 3.05) is 23.9 Å². The zero-order valence-electron chi connectivity index (χ0n) is 20.8. The Morgan fingerprint density at radius 3 is 1.95 bits per heavy atom. The van der Waals surface area contributed by atoms with Gasteiger partial charge in [-0.05, 0) is 54.6 Å². The summed E-state index contributed by atoms with van der Waals surface area (Å²) in [5.41, 5.74) is 6.57. The number of nitrogens with zero attached hydrogens (tertiary/aromatic N) is 3. The molecule has 0 saturated heterocycles. The van der Waals surface area contributed by atoms with E-state index in [4.69, 9.17) is 27.9 Å².